The van der Waals surface area contributed by atoms with E-state index >= 15 is 0 Å². The summed E-state index contributed by atoms with van der Waals surface area (Å²) in [6.45, 7) is 2.90. The van der Waals surface area contributed by atoms with Crippen LogP contribution in [0, 0.1) is 0 Å². The highest BCUT2D eigenvalue weighted by Crippen LogP contribution is 2.16. The predicted octanol–water partition coefficient (Wildman–Crippen LogP) is 1.27. The first kappa shape index (κ1) is 17.6. The molecule has 1 atom stereocenters. The number of hydrogen-bond acceptors (Lipinski definition) is 4. The van der Waals surface area contributed by atoms with Gasteiger partial charge in [0, 0.05) is 52.1 Å². The number of benzene rings is 1. The van der Waals surface area contributed by atoms with E-state index in [4.69, 9.17) is 4.74 Å². The van der Waals surface area contributed by atoms with Gasteiger partial charge in [-0.25, -0.2) is 4.79 Å². The van der Waals surface area contributed by atoms with Crippen molar-refractivity contribution >= 4 is 0 Å². The lowest BCUT2D eigenvalue weighted by atomic mass is 10.1. The SMILES string of the molecule is Cn1c(CN(Cc2ccccc2)C[C@H]2CCCO2)cc(=O)n(C)c1=O. The van der Waals surface area contributed by atoms with Gasteiger partial charge < -0.3 is 4.74 Å². The lowest BCUT2D eigenvalue weighted by Gasteiger charge is -2.26. The number of nitrogens with zero attached hydrogens (tertiary/aromatic N) is 3. The van der Waals surface area contributed by atoms with E-state index in [1.54, 1.807) is 17.7 Å². The minimum atomic E-state index is -0.292. The second-order valence-corrected chi connectivity index (χ2v) is 6.66. The Kier molecular flexibility index (Phi) is 5.50. The maximum Gasteiger partial charge on any atom is 0.330 e. The first-order chi connectivity index (χ1) is 12.0. The molecule has 6 heteroatoms. The molecule has 0 bridgehead atoms. The average Bonchev–Trinajstić information content (AvgIpc) is 3.11. The fourth-order valence-corrected chi connectivity index (χ4v) is 3.26. The van der Waals surface area contributed by atoms with Crippen LogP contribution in [-0.2, 0) is 31.9 Å². The van der Waals surface area contributed by atoms with Crippen molar-refractivity contribution in [1.29, 1.82) is 0 Å². The monoisotopic (exact) mass is 343 g/mol. The zero-order valence-corrected chi connectivity index (χ0v) is 14.9. The molecule has 6 nitrogen and oxygen atoms in total. The third kappa shape index (κ3) is 4.27. The maximum atomic E-state index is 12.2. The molecule has 1 aliphatic rings. The van der Waals surface area contributed by atoms with Crippen LogP contribution in [0.2, 0.25) is 0 Å². The van der Waals surface area contributed by atoms with E-state index in [2.05, 4.69) is 17.0 Å². The normalized spacial score (nSPS) is 17.3. The van der Waals surface area contributed by atoms with E-state index in [1.165, 1.54) is 12.6 Å². The first-order valence-electron chi connectivity index (χ1n) is 8.68. The van der Waals surface area contributed by atoms with Crippen LogP contribution in [0.3, 0.4) is 0 Å². The Bertz CT molecular complexity index is 820. The van der Waals surface area contributed by atoms with Crippen molar-refractivity contribution in [3.05, 3.63) is 68.5 Å². The van der Waals surface area contributed by atoms with E-state index in [9.17, 15) is 9.59 Å². The van der Waals surface area contributed by atoms with Gasteiger partial charge in [0.25, 0.3) is 5.56 Å². The summed E-state index contributed by atoms with van der Waals surface area (Å²) in [6.07, 6.45) is 2.36. The van der Waals surface area contributed by atoms with Crippen LogP contribution in [0.4, 0.5) is 0 Å². The van der Waals surface area contributed by atoms with Crippen LogP contribution < -0.4 is 11.2 Å². The number of ether oxygens (including phenoxy) is 1. The molecule has 1 aromatic heterocycles. The molecule has 0 aliphatic carbocycles. The third-order valence-corrected chi connectivity index (χ3v) is 4.75. The Balaban J connectivity index is 1.84. The molecule has 2 heterocycles. The highest BCUT2D eigenvalue weighted by Gasteiger charge is 2.20. The molecule has 3 rings (SSSR count). The standard InChI is InChI=1S/C19H25N3O3/c1-20-16(11-18(23)21(2)19(20)24)13-22(14-17-9-6-10-25-17)12-15-7-4-3-5-8-15/h3-5,7-8,11,17H,6,9-10,12-14H2,1-2H3/t17-/m1/s1. The van der Waals surface area contributed by atoms with Crippen molar-refractivity contribution < 1.29 is 4.74 Å². The summed E-state index contributed by atoms with van der Waals surface area (Å²) in [4.78, 5) is 26.4. The molecule has 0 amide bonds. The van der Waals surface area contributed by atoms with Gasteiger partial charge in [-0.2, -0.15) is 0 Å². The molecule has 0 radical (unpaired) electrons. The first-order valence-corrected chi connectivity index (χ1v) is 8.68. The van der Waals surface area contributed by atoms with E-state index in [0.717, 1.165) is 42.8 Å². The summed E-state index contributed by atoms with van der Waals surface area (Å²) in [7, 11) is 3.21. The van der Waals surface area contributed by atoms with Gasteiger partial charge in [0.1, 0.15) is 0 Å². The smallest absolute Gasteiger partial charge is 0.330 e. The van der Waals surface area contributed by atoms with Crippen molar-refractivity contribution in [2.24, 2.45) is 14.1 Å². The molecule has 0 saturated carbocycles. The lowest BCUT2D eigenvalue weighted by Crippen LogP contribution is -2.40. The average molecular weight is 343 g/mol. The van der Waals surface area contributed by atoms with Gasteiger partial charge in [0.15, 0.2) is 0 Å². The van der Waals surface area contributed by atoms with Crippen molar-refractivity contribution in [2.45, 2.75) is 32.0 Å². The molecule has 134 valence electrons. The van der Waals surface area contributed by atoms with Crippen LogP contribution >= 0.6 is 0 Å². The van der Waals surface area contributed by atoms with Gasteiger partial charge in [-0.3, -0.25) is 18.8 Å². The summed E-state index contributed by atoms with van der Waals surface area (Å²) in [5, 5.41) is 0. The second kappa shape index (κ2) is 7.80. The number of hydrogen-bond donors (Lipinski definition) is 0. The Hall–Kier alpha value is -2.18. The maximum absolute atomic E-state index is 12.2. The summed E-state index contributed by atoms with van der Waals surface area (Å²) in [5.41, 5.74) is 1.37. The second-order valence-electron chi connectivity index (χ2n) is 6.66. The zero-order chi connectivity index (χ0) is 17.8. The van der Waals surface area contributed by atoms with Gasteiger partial charge in [-0.05, 0) is 18.4 Å². The molecular weight excluding hydrogens is 318 g/mol. The Morgan fingerprint density at radius 2 is 1.88 bits per heavy atom. The van der Waals surface area contributed by atoms with Crippen LogP contribution in [0.25, 0.3) is 0 Å². The van der Waals surface area contributed by atoms with Crippen LogP contribution in [0.1, 0.15) is 24.1 Å². The minimum absolute atomic E-state index is 0.215. The van der Waals surface area contributed by atoms with E-state index < -0.39 is 0 Å². The lowest BCUT2D eigenvalue weighted by molar-refractivity contribution is 0.0670. The molecule has 0 N–H and O–H groups in total. The van der Waals surface area contributed by atoms with Gasteiger partial charge >= 0.3 is 5.69 Å². The van der Waals surface area contributed by atoms with Crippen molar-refractivity contribution in [1.82, 2.24) is 14.0 Å². The highest BCUT2D eigenvalue weighted by molar-refractivity contribution is 5.15. The third-order valence-electron chi connectivity index (χ3n) is 4.75. The van der Waals surface area contributed by atoms with Gasteiger partial charge in [0.2, 0.25) is 0 Å². The molecule has 1 aliphatic heterocycles. The number of rotatable bonds is 6. The summed E-state index contributed by atoms with van der Waals surface area (Å²) in [6, 6.07) is 11.8. The fraction of sp³-hybridized carbons (Fsp3) is 0.474. The Labute approximate surface area is 147 Å². The van der Waals surface area contributed by atoms with E-state index in [0.29, 0.717) is 6.54 Å². The van der Waals surface area contributed by atoms with Crippen LogP contribution in [-0.4, -0.2) is 33.3 Å². The number of aromatic nitrogens is 2. The zero-order valence-electron chi connectivity index (χ0n) is 14.9. The minimum Gasteiger partial charge on any atom is -0.377 e. The van der Waals surface area contributed by atoms with Crippen LogP contribution in [0.15, 0.2) is 46.0 Å². The predicted molar refractivity (Wildman–Crippen MR) is 96.5 cm³/mol. The van der Waals surface area contributed by atoms with E-state index in [-0.39, 0.29) is 17.4 Å². The molecule has 1 aromatic carbocycles. The molecule has 0 spiro atoms. The molecule has 25 heavy (non-hydrogen) atoms. The van der Waals surface area contributed by atoms with Crippen LogP contribution in [0.5, 0.6) is 0 Å². The van der Waals surface area contributed by atoms with Gasteiger partial charge in [-0.1, -0.05) is 30.3 Å². The molecule has 0 unspecified atom stereocenters. The molecule has 1 saturated heterocycles. The molecule has 1 fully saturated rings. The molecule has 2 aromatic rings. The summed E-state index contributed by atoms with van der Waals surface area (Å²) < 4.78 is 8.46. The van der Waals surface area contributed by atoms with Crippen molar-refractivity contribution in [2.75, 3.05) is 13.2 Å². The highest BCUT2D eigenvalue weighted by atomic mass is 16.5. The molecular formula is C19H25N3O3. The van der Waals surface area contributed by atoms with Crippen molar-refractivity contribution in [3.8, 4) is 0 Å². The summed E-state index contributed by atoms with van der Waals surface area (Å²) in [5.74, 6) is 0. The van der Waals surface area contributed by atoms with Crippen molar-refractivity contribution in [3.63, 3.8) is 0 Å². The largest absolute Gasteiger partial charge is 0.377 e. The quantitative estimate of drug-likeness (QED) is 0.792. The topological polar surface area (TPSA) is 56.5 Å². The van der Waals surface area contributed by atoms with Gasteiger partial charge in [-0.15, -0.1) is 0 Å². The summed E-state index contributed by atoms with van der Waals surface area (Å²) >= 11 is 0. The Morgan fingerprint density at radius 1 is 1.12 bits per heavy atom. The van der Waals surface area contributed by atoms with Gasteiger partial charge in [0.05, 0.1) is 6.10 Å². The fourth-order valence-electron chi connectivity index (χ4n) is 3.26. The van der Waals surface area contributed by atoms with E-state index in [1.807, 2.05) is 18.2 Å². The Morgan fingerprint density at radius 3 is 2.56 bits per heavy atom.